The van der Waals surface area contributed by atoms with Gasteiger partial charge >= 0.3 is 0 Å². The van der Waals surface area contributed by atoms with E-state index in [0.717, 1.165) is 6.07 Å². The molecule has 2 aromatic rings. The van der Waals surface area contributed by atoms with E-state index < -0.39 is 15.8 Å². The molecule has 2 N–H and O–H groups in total. The molecule has 0 heterocycles. The van der Waals surface area contributed by atoms with Crippen LogP contribution in [0.1, 0.15) is 24.2 Å². The summed E-state index contributed by atoms with van der Waals surface area (Å²) >= 11 is 0. The average Bonchev–Trinajstić information content (AvgIpc) is 2.46. The highest BCUT2D eigenvalue weighted by atomic mass is 32.2. The number of carbonyl (C=O) groups is 1. The summed E-state index contributed by atoms with van der Waals surface area (Å²) < 4.78 is 39.9. The van der Waals surface area contributed by atoms with Gasteiger partial charge < -0.3 is 5.32 Å². The minimum Gasteiger partial charge on any atom is -0.350 e. The first-order valence-electron chi connectivity index (χ1n) is 6.97. The normalized spacial score (nSPS) is 11.3. The van der Waals surface area contributed by atoms with Crippen LogP contribution in [0.4, 0.5) is 10.1 Å². The summed E-state index contributed by atoms with van der Waals surface area (Å²) in [5.74, 6) is -0.812. The van der Waals surface area contributed by atoms with E-state index in [1.165, 1.54) is 42.5 Å². The van der Waals surface area contributed by atoms with Gasteiger partial charge in [-0.25, -0.2) is 12.8 Å². The lowest BCUT2D eigenvalue weighted by Gasteiger charge is -2.10. The molecule has 2 aromatic carbocycles. The molecule has 2 rings (SSSR count). The van der Waals surface area contributed by atoms with Crippen molar-refractivity contribution in [2.24, 2.45) is 0 Å². The summed E-state index contributed by atoms with van der Waals surface area (Å²) in [7, 11) is -3.84. The first-order valence-corrected chi connectivity index (χ1v) is 8.45. The molecule has 1 amide bonds. The van der Waals surface area contributed by atoms with Gasteiger partial charge in [-0.05, 0) is 56.3 Å². The van der Waals surface area contributed by atoms with E-state index >= 15 is 0 Å². The number of amides is 1. The number of hydrogen-bond acceptors (Lipinski definition) is 3. The van der Waals surface area contributed by atoms with Crippen molar-refractivity contribution in [3.8, 4) is 0 Å². The molecule has 0 saturated carbocycles. The zero-order chi connectivity index (χ0) is 17.0. The number of halogens is 1. The van der Waals surface area contributed by atoms with E-state index in [2.05, 4.69) is 10.0 Å². The second-order valence-corrected chi connectivity index (χ2v) is 6.95. The average molecular weight is 336 g/mol. The predicted molar refractivity (Wildman–Crippen MR) is 86.3 cm³/mol. The maximum atomic E-state index is 13.1. The lowest BCUT2D eigenvalue weighted by molar-refractivity contribution is 0.0943. The molecule has 0 unspecified atom stereocenters. The number of rotatable bonds is 5. The lowest BCUT2D eigenvalue weighted by atomic mass is 10.2. The van der Waals surface area contributed by atoms with Crippen molar-refractivity contribution in [1.29, 1.82) is 0 Å². The second-order valence-electron chi connectivity index (χ2n) is 5.27. The largest absolute Gasteiger partial charge is 0.350 e. The summed E-state index contributed by atoms with van der Waals surface area (Å²) in [4.78, 5) is 11.8. The molecule has 0 atom stereocenters. The molecule has 7 heteroatoms. The van der Waals surface area contributed by atoms with Gasteiger partial charge in [-0.3, -0.25) is 9.52 Å². The molecule has 0 saturated heterocycles. The summed E-state index contributed by atoms with van der Waals surface area (Å²) in [6.07, 6.45) is 0. The van der Waals surface area contributed by atoms with E-state index in [9.17, 15) is 17.6 Å². The van der Waals surface area contributed by atoms with E-state index in [1.807, 2.05) is 13.8 Å². The van der Waals surface area contributed by atoms with Crippen LogP contribution in [0, 0.1) is 5.82 Å². The highest BCUT2D eigenvalue weighted by Crippen LogP contribution is 2.17. The maximum Gasteiger partial charge on any atom is 0.261 e. The van der Waals surface area contributed by atoms with Crippen LogP contribution in [0.2, 0.25) is 0 Å². The van der Waals surface area contributed by atoms with Crippen molar-refractivity contribution in [2.45, 2.75) is 24.8 Å². The molecule has 0 aliphatic heterocycles. The van der Waals surface area contributed by atoms with Crippen molar-refractivity contribution < 1.29 is 17.6 Å². The van der Waals surface area contributed by atoms with Crippen molar-refractivity contribution in [2.75, 3.05) is 4.72 Å². The summed E-state index contributed by atoms with van der Waals surface area (Å²) in [6, 6.07) is 10.7. The third kappa shape index (κ3) is 4.53. The Kier molecular flexibility index (Phi) is 5.00. The highest BCUT2D eigenvalue weighted by Gasteiger charge is 2.15. The van der Waals surface area contributed by atoms with Crippen LogP contribution in [-0.2, 0) is 10.0 Å². The molecule has 0 aromatic heterocycles. The van der Waals surface area contributed by atoms with E-state index in [1.54, 1.807) is 0 Å². The van der Waals surface area contributed by atoms with Crippen LogP contribution in [0.25, 0.3) is 0 Å². The Hall–Kier alpha value is -2.41. The van der Waals surface area contributed by atoms with Gasteiger partial charge in [0.05, 0.1) is 10.6 Å². The Morgan fingerprint density at radius 3 is 2.30 bits per heavy atom. The third-order valence-corrected chi connectivity index (χ3v) is 4.32. The first-order chi connectivity index (χ1) is 10.8. The second kappa shape index (κ2) is 6.78. The van der Waals surface area contributed by atoms with Crippen molar-refractivity contribution >= 4 is 21.6 Å². The van der Waals surface area contributed by atoms with Crippen LogP contribution in [-0.4, -0.2) is 20.4 Å². The fraction of sp³-hybridized carbons (Fsp3) is 0.188. The number of nitrogens with one attached hydrogen (secondary N) is 2. The quantitative estimate of drug-likeness (QED) is 0.881. The number of anilines is 1. The summed E-state index contributed by atoms with van der Waals surface area (Å²) in [6.45, 7) is 3.67. The standard InChI is InChI=1S/C16H17FN2O3S/c1-11(2)18-16(20)12-6-8-15(9-7-12)23(21,22)19-14-5-3-4-13(17)10-14/h3-11,19H,1-2H3,(H,18,20). The van der Waals surface area contributed by atoms with E-state index in [0.29, 0.717) is 5.56 Å². The van der Waals surface area contributed by atoms with Gasteiger partial charge in [0, 0.05) is 11.6 Å². The minimum atomic E-state index is -3.84. The van der Waals surface area contributed by atoms with Gasteiger partial charge in [-0.15, -0.1) is 0 Å². The monoisotopic (exact) mass is 336 g/mol. The predicted octanol–water partition coefficient (Wildman–Crippen LogP) is 2.76. The molecule has 122 valence electrons. The van der Waals surface area contributed by atoms with Gasteiger partial charge in [0.2, 0.25) is 0 Å². The molecule has 0 bridgehead atoms. The van der Waals surface area contributed by atoms with Gasteiger partial charge in [0.1, 0.15) is 5.82 Å². The molecular formula is C16H17FN2O3S. The molecule has 0 fully saturated rings. The van der Waals surface area contributed by atoms with Crippen LogP contribution in [0.3, 0.4) is 0 Å². The Morgan fingerprint density at radius 2 is 1.74 bits per heavy atom. The van der Waals surface area contributed by atoms with Crippen molar-refractivity contribution in [3.63, 3.8) is 0 Å². The zero-order valence-corrected chi connectivity index (χ0v) is 13.5. The fourth-order valence-electron chi connectivity index (χ4n) is 1.90. The number of hydrogen-bond donors (Lipinski definition) is 2. The molecule has 5 nitrogen and oxygen atoms in total. The van der Waals surface area contributed by atoms with Crippen molar-refractivity contribution in [3.05, 3.63) is 59.9 Å². The minimum absolute atomic E-state index is 0.0112. The SMILES string of the molecule is CC(C)NC(=O)c1ccc(S(=O)(=O)Nc2cccc(F)c2)cc1. The Labute approximate surface area is 134 Å². The van der Waals surface area contributed by atoms with Gasteiger partial charge in [0.25, 0.3) is 15.9 Å². The fourth-order valence-corrected chi connectivity index (χ4v) is 2.95. The third-order valence-electron chi connectivity index (χ3n) is 2.92. The Morgan fingerprint density at radius 1 is 1.09 bits per heavy atom. The molecular weight excluding hydrogens is 319 g/mol. The first kappa shape index (κ1) is 17.0. The Bertz CT molecular complexity index is 802. The van der Waals surface area contributed by atoms with Crippen LogP contribution < -0.4 is 10.0 Å². The smallest absolute Gasteiger partial charge is 0.261 e. The molecule has 0 aliphatic carbocycles. The topological polar surface area (TPSA) is 75.3 Å². The van der Waals surface area contributed by atoms with Crippen LogP contribution in [0.15, 0.2) is 53.4 Å². The van der Waals surface area contributed by atoms with Gasteiger partial charge in [0.15, 0.2) is 0 Å². The van der Waals surface area contributed by atoms with Gasteiger partial charge in [-0.2, -0.15) is 0 Å². The van der Waals surface area contributed by atoms with Crippen LogP contribution >= 0.6 is 0 Å². The molecule has 0 spiro atoms. The highest BCUT2D eigenvalue weighted by molar-refractivity contribution is 7.92. The Balaban J connectivity index is 2.19. The molecule has 23 heavy (non-hydrogen) atoms. The summed E-state index contributed by atoms with van der Waals surface area (Å²) in [5, 5.41) is 2.72. The maximum absolute atomic E-state index is 13.1. The molecule has 0 aliphatic rings. The zero-order valence-electron chi connectivity index (χ0n) is 12.7. The number of benzene rings is 2. The number of carbonyl (C=O) groups excluding carboxylic acids is 1. The summed E-state index contributed by atoms with van der Waals surface area (Å²) in [5.41, 5.74) is 0.495. The van der Waals surface area contributed by atoms with E-state index in [-0.39, 0.29) is 22.5 Å². The van der Waals surface area contributed by atoms with Gasteiger partial charge in [-0.1, -0.05) is 6.07 Å². The lowest BCUT2D eigenvalue weighted by Crippen LogP contribution is -2.30. The number of sulfonamides is 1. The van der Waals surface area contributed by atoms with Crippen LogP contribution in [0.5, 0.6) is 0 Å². The van der Waals surface area contributed by atoms with Crippen molar-refractivity contribution in [1.82, 2.24) is 5.32 Å². The van der Waals surface area contributed by atoms with E-state index in [4.69, 9.17) is 0 Å². The molecule has 0 radical (unpaired) electrons.